The summed E-state index contributed by atoms with van der Waals surface area (Å²) in [5, 5.41) is 3.14. The molecule has 138 valence electrons. The number of hydrogen-bond acceptors (Lipinski definition) is 4. The van der Waals surface area contributed by atoms with Gasteiger partial charge in [-0.2, -0.15) is 0 Å². The van der Waals surface area contributed by atoms with Gasteiger partial charge < -0.3 is 11.1 Å². The number of carbonyl (C=O) groups is 1. The van der Waals surface area contributed by atoms with Crippen molar-refractivity contribution in [2.75, 3.05) is 11.1 Å². The van der Waals surface area contributed by atoms with Crippen LogP contribution in [0.4, 0.5) is 24.7 Å². The molecule has 0 bridgehead atoms. The molecule has 1 heterocycles. The Balaban J connectivity index is 1.66. The minimum absolute atomic E-state index is 0.0388. The van der Waals surface area contributed by atoms with Gasteiger partial charge in [-0.15, -0.1) is 11.8 Å². The van der Waals surface area contributed by atoms with Gasteiger partial charge in [0, 0.05) is 11.3 Å². The molecule has 0 saturated carbocycles. The van der Waals surface area contributed by atoms with Gasteiger partial charge in [0.05, 0.1) is 10.7 Å². The normalized spacial score (nSPS) is 10.6. The monoisotopic (exact) mass is 389 g/mol. The molecule has 0 spiro atoms. The maximum absolute atomic E-state index is 13.2. The van der Waals surface area contributed by atoms with E-state index in [0.717, 1.165) is 17.7 Å². The molecule has 0 aliphatic carbocycles. The van der Waals surface area contributed by atoms with Gasteiger partial charge >= 0.3 is 0 Å². The standard InChI is InChI=1S/C19H14F3N3OS/c20-13-4-1-11(2-5-13)10-27-17-8-7-16(18(23)25-17)24-19(26)12-3-6-14(21)15(22)9-12/h1-9H,10H2,(H2,23,25)(H,24,26). The van der Waals surface area contributed by atoms with Gasteiger partial charge in [-0.1, -0.05) is 12.1 Å². The first kappa shape index (κ1) is 18.8. The Bertz CT molecular complexity index is 980. The fourth-order valence-electron chi connectivity index (χ4n) is 2.21. The topological polar surface area (TPSA) is 68.0 Å². The van der Waals surface area contributed by atoms with E-state index >= 15 is 0 Å². The zero-order valence-corrected chi connectivity index (χ0v) is 14.7. The molecule has 0 aliphatic rings. The largest absolute Gasteiger partial charge is 0.382 e. The number of carbonyl (C=O) groups excluding carboxylic acids is 1. The van der Waals surface area contributed by atoms with Crippen LogP contribution in [0.2, 0.25) is 0 Å². The molecule has 3 N–H and O–H groups in total. The summed E-state index contributed by atoms with van der Waals surface area (Å²) in [7, 11) is 0. The van der Waals surface area contributed by atoms with Crippen molar-refractivity contribution >= 4 is 29.2 Å². The summed E-state index contributed by atoms with van der Waals surface area (Å²) < 4.78 is 39.1. The second kappa shape index (κ2) is 8.13. The third kappa shape index (κ3) is 4.79. The second-order valence-electron chi connectivity index (χ2n) is 5.58. The third-order valence-electron chi connectivity index (χ3n) is 3.63. The Morgan fingerprint density at radius 1 is 1.00 bits per heavy atom. The minimum atomic E-state index is -1.11. The Morgan fingerprint density at radius 2 is 1.74 bits per heavy atom. The highest BCUT2D eigenvalue weighted by molar-refractivity contribution is 7.98. The van der Waals surface area contributed by atoms with Crippen LogP contribution in [0.5, 0.6) is 0 Å². The number of nitrogens with zero attached hydrogens (tertiary/aromatic N) is 1. The zero-order valence-electron chi connectivity index (χ0n) is 13.9. The number of halogens is 3. The van der Waals surface area contributed by atoms with Gasteiger partial charge in [-0.3, -0.25) is 4.79 Å². The van der Waals surface area contributed by atoms with Crippen LogP contribution in [0.3, 0.4) is 0 Å². The predicted octanol–water partition coefficient (Wildman–Crippen LogP) is 4.63. The van der Waals surface area contributed by atoms with Gasteiger partial charge in [0.1, 0.15) is 11.6 Å². The van der Waals surface area contributed by atoms with Crippen LogP contribution >= 0.6 is 11.8 Å². The first-order chi connectivity index (χ1) is 12.9. The average Bonchev–Trinajstić information content (AvgIpc) is 2.65. The lowest BCUT2D eigenvalue weighted by Gasteiger charge is -2.09. The summed E-state index contributed by atoms with van der Waals surface area (Å²) in [6, 6.07) is 12.2. The summed E-state index contributed by atoms with van der Waals surface area (Å²) in [5.74, 6) is -2.40. The van der Waals surface area contributed by atoms with Crippen LogP contribution in [-0.2, 0) is 5.75 Å². The number of nitrogens with one attached hydrogen (secondary N) is 1. The van der Waals surface area contributed by atoms with E-state index in [1.54, 1.807) is 24.3 Å². The number of benzene rings is 2. The fraction of sp³-hybridized carbons (Fsp3) is 0.0526. The third-order valence-corrected chi connectivity index (χ3v) is 4.63. The predicted molar refractivity (Wildman–Crippen MR) is 98.9 cm³/mol. The van der Waals surface area contributed by atoms with E-state index in [-0.39, 0.29) is 22.9 Å². The lowest BCUT2D eigenvalue weighted by molar-refractivity contribution is 0.102. The van der Waals surface area contributed by atoms with Crippen molar-refractivity contribution in [1.82, 2.24) is 4.98 Å². The van der Waals surface area contributed by atoms with E-state index in [2.05, 4.69) is 10.3 Å². The van der Waals surface area contributed by atoms with Crippen molar-refractivity contribution in [3.05, 3.63) is 83.2 Å². The molecule has 8 heteroatoms. The first-order valence-electron chi connectivity index (χ1n) is 7.82. The molecular formula is C19H14F3N3OS. The van der Waals surface area contributed by atoms with Gasteiger partial charge in [-0.05, 0) is 48.0 Å². The van der Waals surface area contributed by atoms with E-state index in [1.807, 2.05) is 0 Å². The van der Waals surface area contributed by atoms with Crippen molar-refractivity contribution in [2.45, 2.75) is 10.8 Å². The number of hydrogen-bond donors (Lipinski definition) is 2. The summed E-state index contributed by atoms with van der Waals surface area (Å²) in [5.41, 5.74) is 7.02. The molecule has 4 nitrogen and oxygen atoms in total. The van der Waals surface area contributed by atoms with Crippen LogP contribution < -0.4 is 11.1 Å². The van der Waals surface area contributed by atoms with Crippen LogP contribution in [0.1, 0.15) is 15.9 Å². The van der Waals surface area contributed by atoms with Crippen LogP contribution in [0, 0.1) is 17.5 Å². The van der Waals surface area contributed by atoms with Crippen LogP contribution in [0.15, 0.2) is 59.6 Å². The van der Waals surface area contributed by atoms with Crippen molar-refractivity contribution in [2.24, 2.45) is 0 Å². The van der Waals surface area contributed by atoms with Gasteiger partial charge in [-0.25, -0.2) is 18.2 Å². The number of nitrogens with two attached hydrogens (primary N) is 1. The molecule has 2 aromatic carbocycles. The Hall–Kier alpha value is -3.00. The first-order valence-corrected chi connectivity index (χ1v) is 8.81. The summed E-state index contributed by atoms with van der Waals surface area (Å²) >= 11 is 1.40. The molecule has 0 radical (unpaired) electrons. The molecule has 3 aromatic rings. The number of rotatable bonds is 5. The smallest absolute Gasteiger partial charge is 0.255 e. The number of nitrogen functional groups attached to an aromatic ring is 1. The highest BCUT2D eigenvalue weighted by Crippen LogP contribution is 2.26. The Labute approximate surface area is 157 Å². The Kier molecular flexibility index (Phi) is 5.66. The van der Waals surface area contributed by atoms with E-state index in [1.165, 1.54) is 30.0 Å². The molecule has 1 aromatic heterocycles. The van der Waals surface area contributed by atoms with E-state index in [0.29, 0.717) is 10.8 Å². The quantitative estimate of drug-likeness (QED) is 0.625. The van der Waals surface area contributed by atoms with Gasteiger partial charge in [0.15, 0.2) is 11.6 Å². The summed E-state index contributed by atoms with van der Waals surface area (Å²) in [6.07, 6.45) is 0. The molecule has 0 saturated heterocycles. The molecule has 0 fully saturated rings. The second-order valence-corrected chi connectivity index (χ2v) is 6.58. The highest BCUT2D eigenvalue weighted by atomic mass is 32.2. The van der Waals surface area contributed by atoms with Crippen molar-refractivity contribution in [3.63, 3.8) is 0 Å². The SMILES string of the molecule is Nc1nc(SCc2ccc(F)cc2)ccc1NC(=O)c1ccc(F)c(F)c1. The summed E-state index contributed by atoms with van der Waals surface area (Å²) in [6.45, 7) is 0. The maximum Gasteiger partial charge on any atom is 0.255 e. The van der Waals surface area contributed by atoms with Gasteiger partial charge in [0.25, 0.3) is 5.91 Å². The molecule has 0 aliphatic heterocycles. The van der Waals surface area contributed by atoms with Crippen LogP contribution in [-0.4, -0.2) is 10.9 Å². The van der Waals surface area contributed by atoms with Crippen molar-refractivity contribution < 1.29 is 18.0 Å². The molecular weight excluding hydrogens is 375 g/mol. The Morgan fingerprint density at radius 3 is 2.41 bits per heavy atom. The maximum atomic E-state index is 13.2. The van der Waals surface area contributed by atoms with E-state index in [9.17, 15) is 18.0 Å². The molecule has 0 unspecified atom stereocenters. The molecule has 3 rings (SSSR count). The average molecular weight is 389 g/mol. The lowest BCUT2D eigenvalue weighted by atomic mass is 10.2. The van der Waals surface area contributed by atoms with Crippen molar-refractivity contribution in [1.29, 1.82) is 0 Å². The highest BCUT2D eigenvalue weighted by Gasteiger charge is 2.12. The van der Waals surface area contributed by atoms with Crippen LogP contribution in [0.25, 0.3) is 0 Å². The number of aromatic nitrogens is 1. The van der Waals surface area contributed by atoms with Gasteiger partial charge in [0.2, 0.25) is 0 Å². The summed E-state index contributed by atoms with van der Waals surface area (Å²) in [4.78, 5) is 16.3. The molecule has 27 heavy (non-hydrogen) atoms. The number of thioether (sulfide) groups is 1. The van der Waals surface area contributed by atoms with Crippen molar-refractivity contribution in [3.8, 4) is 0 Å². The van der Waals surface area contributed by atoms with E-state index in [4.69, 9.17) is 5.73 Å². The zero-order chi connectivity index (χ0) is 19.4. The number of anilines is 2. The lowest BCUT2D eigenvalue weighted by Crippen LogP contribution is -2.14. The molecule has 1 amide bonds. The fourth-order valence-corrected chi connectivity index (χ4v) is 3.05. The number of pyridine rings is 1. The van der Waals surface area contributed by atoms with E-state index < -0.39 is 17.5 Å². The minimum Gasteiger partial charge on any atom is -0.382 e. The number of amides is 1. The molecule has 0 atom stereocenters.